The van der Waals surface area contributed by atoms with E-state index in [1.807, 2.05) is 26.0 Å². The van der Waals surface area contributed by atoms with Crippen molar-refractivity contribution in [2.45, 2.75) is 51.6 Å². The quantitative estimate of drug-likeness (QED) is 0.653. The van der Waals surface area contributed by atoms with Gasteiger partial charge in [0, 0.05) is 26.2 Å². The topological polar surface area (TPSA) is 43.7 Å². The van der Waals surface area contributed by atoms with E-state index in [4.69, 9.17) is 0 Å². The molecule has 0 amide bonds. The van der Waals surface area contributed by atoms with E-state index in [1.165, 1.54) is 24.0 Å². The molecule has 29 heavy (non-hydrogen) atoms. The molecule has 1 saturated heterocycles. The summed E-state index contributed by atoms with van der Waals surface area (Å²) in [5, 5.41) is 20.0. The molecule has 0 spiro atoms. The SMILES string of the molecule is CC(CN1C[C@@H](CCCc2ccccc2)[C@@H](CO)C1)c1ccc(C(C)(C)O)cc1. The third-order valence-corrected chi connectivity index (χ3v) is 6.49. The molecule has 3 rings (SSSR count). The summed E-state index contributed by atoms with van der Waals surface area (Å²) in [7, 11) is 0. The molecule has 0 aliphatic carbocycles. The largest absolute Gasteiger partial charge is 0.396 e. The van der Waals surface area contributed by atoms with E-state index in [1.54, 1.807) is 0 Å². The van der Waals surface area contributed by atoms with Crippen LogP contribution in [0.3, 0.4) is 0 Å². The van der Waals surface area contributed by atoms with E-state index in [2.05, 4.69) is 54.3 Å². The van der Waals surface area contributed by atoms with E-state index >= 15 is 0 Å². The molecule has 1 heterocycles. The van der Waals surface area contributed by atoms with Crippen LogP contribution < -0.4 is 0 Å². The molecule has 3 heteroatoms. The lowest BCUT2D eigenvalue weighted by atomic mass is 9.91. The van der Waals surface area contributed by atoms with E-state index in [-0.39, 0.29) is 0 Å². The van der Waals surface area contributed by atoms with Crippen LogP contribution in [-0.2, 0) is 12.0 Å². The lowest BCUT2D eigenvalue weighted by molar-refractivity contribution is 0.0786. The van der Waals surface area contributed by atoms with E-state index in [9.17, 15) is 10.2 Å². The molecule has 0 bridgehead atoms. The van der Waals surface area contributed by atoms with Gasteiger partial charge in [-0.2, -0.15) is 0 Å². The van der Waals surface area contributed by atoms with Crippen LogP contribution in [0.5, 0.6) is 0 Å². The summed E-state index contributed by atoms with van der Waals surface area (Å²) in [6.45, 7) is 9.32. The highest BCUT2D eigenvalue weighted by atomic mass is 16.3. The van der Waals surface area contributed by atoms with Crippen molar-refractivity contribution in [3.8, 4) is 0 Å². The Morgan fingerprint density at radius 3 is 2.28 bits per heavy atom. The van der Waals surface area contributed by atoms with Gasteiger partial charge in [-0.15, -0.1) is 0 Å². The Morgan fingerprint density at radius 2 is 1.66 bits per heavy atom. The number of benzene rings is 2. The number of rotatable bonds is 9. The summed E-state index contributed by atoms with van der Waals surface area (Å²) < 4.78 is 0. The molecule has 1 fully saturated rings. The Balaban J connectivity index is 1.51. The van der Waals surface area contributed by atoms with Crippen LogP contribution in [0.15, 0.2) is 54.6 Å². The summed E-state index contributed by atoms with van der Waals surface area (Å²) in [5.41, 5.74) is 2.88. The standard InChI is InChI=1S/C26H37NO2/c1-20(22-12-14-25(15-13-22)26(2,3)29)16-27-17-23(24(18-27)19-28)11-7-10-21-8-5-4-6-9-21/h4-6,8-9,12-15,20,23-24,28-29H,7,10-11,16-19H2,1-3H3/t20?,23-,24-/m1/s1. The Kier molecular flexibility index (Phi) is 7.50. The molecule has 0 saturated carbocycles. The highest BCUT2D eigenvalue weighted by Crippen LogP contribution is 2.30. The molecular formula is C26H37NO2. The van der Waals surface area contributed by atoms with Crippen molar-refractivity contribution in [3.63, 3.8) is 0 Å². The molecule has 2 aromatic rings. The van der Waals surface area contributed by atoms with Crippen LogP contribution >= 0.6 is 0 Å². The van der Waals surface area contributed by atoms with Crippen molar-refractivity contribution in [2.75, 3.05) is 26.2 Å². The second-order valence-corrected chi connectivity index (χ2v) is 9.38. The van der Waals surface area contributed by atoms with Gasteiger partial charge in [0.25, 0.3) is 0 Å². The van der Waals surface area contributed by atoms with Gasteiger partial charge in [0.2, 0.25) is 0 Å². The first kappa shape index (κ1) is 22.0. The minimum Gasteiger partial charge on any atom is -0.396 e. The average Bonchev–Trinajstić information content (AvgIpc) is 3.10. The average molecular weight is 396 g/mol. The van der Waals surface area contributed by atoms with Gasteiger partial charge in [-0.3, -0.25) is 0 Å². The fraction of sp³-hybridized carbons (Fsp3) is 0.538. The number of aliphatic hydroxyl groups excluding tert-OH is 1. The van der Waals surface area contributed by atoms with Gasteiger partial charge in [0.15, 0.2) is 0 Å². The number of aryl methyl sites for hydroxylation is 1. The maximum atomic E-state index is 10.1. The first-order chi connectivity index (χ1) is 13.9. The van der Waals surface area contributed by atoms with E-state index in [0.29, 0.717) is 24.4 Å². The van der Waals surface area contributed by atoms with Crippen molar-refractivity contribution in [1.29, 1.82) is 0 Å². The molecule has 0 aromatic heterocycles. The van der Waals surface area contributed by atoms with E-state index in [0.717, 1.165) is 31.6 Å². The minimum absolute atomic E-state index is 0.293. The molecular weight excluding hydrogens is 358 g/mol. The predicted octanol–water partition coefficient (Wildman–Crippen LogP) is 4.58. The van der Waals surface area contributed by atoms with Crippen LogP contribution in [0, 0.1) is 11.8 Å². The van der Waals surface area contributed by atoms with Gasteiger partial charge < -0.3 is 15.1 Å². The number of aliphatic hydroxyl groups is 2. The number of likely N-dealkylation sites (tertiary alicyclic amines) is 1. The smallest absolute Gasteiger partial charge is 0.0840 e. The fourth-order valence-corrected chi connectivity index (χ4v) is 4.64. The van der Waals surface area contributed by atoms with Gasteiger partial charge in [0.05, 0.1) is 5.60 Å². The molecule has 3 nitrogen and oxygen atoms in total. The highest BCUT2D eigenvalue weighted by Gasteiger charge is 2.32. The van der Waals surface area contributed by atoms with E-state index < -0.39 is 5.60 Å². The maximum Gasteiger partial charge on any atom is 0.0840 e. The Hall–Kier alpha value is -1.68. The molecule has 2 N–H and O–H groups in total. The van der Waals surface area contributed by atoms with Crippen LogP contribution in [-0.4, -0.2) is 41.4 Å². The first-order valence-corrected chi connectivity index (χ1v) is 11.1. The molecule has 1 aliphatic rings. The maximum absolute atomic E-state index is 10.1. The highest BCUT2D eigenvalue weighted by molar-refractivity contribution is 5.28. The number of hydrogen-bond donors (Lipinski definition) is 2. The molecule has 1 unspecified atom stereocenters. The Bertz CT molecular complexity index is 736. The number of nitrogens with zero attached hydrogens (tertiary/aromatic N) is 1. The third-order valence-electron chi connectivity index (χ3n) is 6.49. The van der Waals surface area contributed by atoms with Crippen molar-refractivity contribution in [2.24, 2.45) is 11.8 Å². The Morgan fingerprint density at radius 1 is 1.00 bits per heavy atom. The van der Waals surface area contributed by atoms with Crippen molar-refractivity contribution in [3.05, 3.63) is 71.3 Å². The second-order valence-electron chi connectivity index (χ2n) is 9.38. The normalized spacial score (nSPS) is 21.4. The van der Waals surface area contributed by atoms with Gasteiger partial charge in [-0.05, 0) is 67.6 Å². The summed E-state index contributed by atoms with van der Waals surface area (Å²) in [4.78, 5) is 2.53. The van der Waals surface area contributed by atoms with Crippen LogP contribution in [0.1, 0.15) is 56.2 Å². The zero-order valence-electron chi connectivity index (χ0n) is 18.2. The van der Waals surface area contributed by atoms with Crippen LogP contribution in [0.4, 0.5) is 0 Å². The van der Waals surface area contributed by atoms with Gasteiger partial charge in [-0.25, -0.2) is 0 Å². The van der Waals surface area contributed by atoms with Crippen LogP contribution in [0.2, 0.25) is 0 Å². The van der Waals surface area contributed by atoms with Gasteiger partial charge >= 0.3 is 0 Å². The lowest BCUT2D eigenvalue weighted by Gasteiger charge is -2.23. The third kappa shape index (κ3) is 6.15. The molecule has 158 valence electrons. The monoisotopic (exact) mass is 395 g/mol. The van der Waals surface area contributed by atoms with Crippen molar-refractivity contribution >= 4 is 0 Å². The molecule has 3 atom stereocenters. The molecule has 1 aliphatic heterocycles. The number of hydrogen-bond acceptors (Lipinski definition) is 3. The zero-order chi connectivity index (χ0) is 20.9. The van der Waals surface area contributed by atoms with Crippen LogP contribution in [0.25, 0.3) is 0 Å². The molecule has 0 radical (unpaired) electrons. The summed E-state index contributed by atoms with van der Waals surface area (Å²) in [5.74, 6) is 1.43. The van der Waals surface area contributed by atoms with Gasteiger partial charge in [-0.1, -0.05) is 61.5 Å². The molecule has 2 aromatic carbocycles. The lowest BCUT2D eigenvalue weighted by Crippen LogP contribution is -2.26. The second kappa shape index (κ2) is 9.88. The summed E-state index contributed by atoms with van der Waals surface area (Å²) in [6, 6.07) is 19.1. The predicted molar refractivity (Wildman–Crippen MR) is 120 cm³/mol. The summed E-state index contributed by atoms with van der Waals surface area (Å²) in [6.07, 6.45) is 3.50. The van der Waals surface area contributed by atoms with Gasteiger partial charge in [0.1, 0.15) is 0 Å². The van der Waals surface area contributed by atoms with Crippen molar-refractivity contribution in [1.82, 2.24) is 4.90 Å². The first-order valence-electron chi connectivity index (χ1n) is 11.1. The zero-order valence-corrected chi connectivity index (χ0v) is 18.2. The Labute approximate surface area is 176 Å². The van der Waals surface area contributed by atoms with Crippen molar-refractivity contribution < 1.29 is 10.2 Å². The minimum atomic E-state index is -0.794. The fourth-order valence-electron chi connectivity index (χ4n) is 4.64. The summed E-state index contributed by atoms with van der Waals surface area (Å²) >= 11 is 0.